The number of aromatic nitrogens is 1. The Morgan fingerprint density at radius 3 is 2.39 bits per heavy atom. The third-order valence-corrected chi connectivity index (χ3v) is 4.44. The summed E-state index contributed by atoms with van der Waals surface area (Å²) in [6, 6.07) is 15.3. The largest absolute Gasteiger partial charge is 0.496 e. The van der Waals surface area contributed by atoms with Gasteiger partial charge >= 0.3 is 0 Å². The maximum atomic E-state index is 5.80. The fourth-order valence-corrected chi connectivity index (χ4v) is 2.83. The molecule has 0 saturated carbocycles. The van der Waals surface area contributed by atoms with Gasteiger partial charge in [-0.1, -0.05) is 18.2 Å². The van der Waals surface area contributed by atoms with Crippen LogP contribution >= 0.6 is 0 Å². The van der Waals surface area contributed by atoms with Crippen molar-refractivity contribution in [3.63, 3.8) is 0 Å². The number of aliphatic imine (C=N–C) groups is 1. The quantitative estimate of drug-likeness (QED) is 0.292. The monoisotopic (exact) mass is 424 g/mol. The molecule has 8 nitrogen and oxygen atoms in total. The van der Waals surface area contributed by atoms with Crippen LogP contribution < -0.4 is 24.8 Å². The van der Waals surface area contributed by atoms with E-state index in [4.69, 9.17) is 18.6 Å². The Morgan fingerprint density at radius 2 is 1.71 bits per heavy atom. The van der Waals surface area contributed by atoms with Crippen LogP contribution in [0.15, 0.2) is 64.2 Å². The van der Waals surface area contributed by atoms with E-state index >= 15 is 0 Å². The summed E-state index contributed by atoms with van der Waals surface area (Å²) < 4.78 is 21.9. The predicted octanol–water partition coefficient (Wildman–Crippen LogP) is 3.49. The highest BCUT2D eigenvalue weighted by Crippen LogP contribution is 2.27. The van der Waals surface area contributed by atoms with Crippen LogP contribution in [0, 0.1) is 0 Å². The highest BCUT2D eigenvalue weighted by atomic mass is 16.5. The molecular formula is C23H28N4O4. The Morgan fingerprint density at radius 1 is 1.00 bits per heavy atom. The van der Waals surface area contributed by atoms with E-state index in [-0.39, 0.29) is 0 Å². The summed E-state index contributed by atoms with van der Waals surface area (Å²) in [5.41, 5.74) is 1.75. The molecule has 0 bridgehead atoms. The number of oxazole rings is 1. The zero-order chi connectivity index (χ0) is 21.9. The molecule has 0 saturated heterocycles. The lowest BCUT2D eigenvalue weighted by Crippen LogP contribution is -2.37. The van der Waals surface area contributed by atoms with Crippen LogP contribution in [0.25, 0.3) is 11.5 Å². The zero-order valence-electron chi connectivity index (χ0n) is 18.1. The van der Waals surface area contributed by atoms with Gasteiger partial charge in [-0.2, -0.15) is 0 Å². The first kappa shape index (κ1) is 22.0. The third-order valence-electron chi connectivity index (χ3n) is 4.44. The SMILES string of the molecule is CN=C(NCCCOc1cc(OC)cc(OC)c1)NCc1coc(-c2ccccc2)n1. The summed E-state index contributed by atoms with van der Waals surface area (Å²) in [5, 5.41) is 6.49. The third kappa shape index (κ3) is 6.67. The van der Waals surface area contributed by atoms with Crippen molar-refractivity contribution in [3.05, 3.63) is 60.5 Å². The number of guanidine groups is 1. The van der Waals surface area contributed by atoms with Crippen molar-refractivity contribution < 1.29 is 18.6 Å². The van der Waals surface area contributed by atoms with Crippen LogP contribution in [-0.4, -0.2) is 45.4 Å². The number of nitrogens with one attached hydrogen (secondary N) is 2. The van der Waals surface area contributed by atoms with Gasteiger partial charge in [0.1, 0.15) is 23.5 Å². The van der Waals surface area contributed by atoms with Crippen molar-refractivity contribution in [3.8, 4) is 28.7 Å². The Bertz CT molecular complexity index is 950. The maximum Gasteiger partial charge on any atom is 0.226 e. The van der Waals surface area contributed by atoms with E-state index in [0.717, 1.165) is 17.7 Å². The number of ether oxygens (including phenoxy) is 3. The minimum atomic E-state index is 0.510. The lowest BCUT2D eigenvalue weighted by molar-refractivity contribution is 0.305. The van der Waals surface area contributed by atoms with Gasteiger partial charge in [0.25, 0.3) is 0 Å². The standard InChI is InChI=1S/C23H28N4O4/c1-24-23(26-15-18-16-31-22(27-18)17-8-5-4-6-9-17)25-10-7-11-30-21-13-19(28-2)12-20(14-21)29-3/h4-6,8-9,12-14,16H,7,10-11,15H2,1-3H3,(H2,24,25,26). The molecule has 0 aliphatic rings. The summed E-state index contributed by atoms with van der Waals surface area (Å²) in [6.07, 6.45) is 2.45. The topological polar surface area (TPSA) is 90.1 Å². The second-order valence-electron chi connectivity index (χ2n) is 6.61. The minimum absolute atomic E-state index is 0.510. The molecule has 1 heterocycles. The summed E-state index contributed by atoms with van der Waals surface area (Å²) in [7, 11) is 4.96. The summed E-state index contributed by atoms with van der Waals surface area (Å²) in [6.45, 7) is 1.76. The highest BCUT2D eigenvalue weighted by Gasteiger charge is 2.07. The smallest absolute Gasteiger partial charge is 0.226 e. The molecule has 0 radical (unpaired) electrons. The molecule has 31 heavy (non-hydrogen) atoms. The van der Waals surface area contributed by atoms with Gasteiger partial charge in [0.15, 0.2) is 5.96 Å². The lowest BCUT2D eigenvalue weighted by atomic mass is 10.2. The average molecular weight is 425 g/mol. The van der Waals surface area contributed by atoms with Crippen molar-refractivity contribution >= 4 is 5.96 Å². The Kier molecular flexibility index (Phi) is 8.16. The number of rotatable bonds is 10. The van der Waals surface area contributed by atoms with E-state index in [1.807, 2.05) is 48.5 Å². The van der Waals surface area contributed by atoms with Gasteiger partial charge < -0.3 is 29.3 Å². The first-order chi connectivity index (χ1) is 15.2. The molecule has 3 rings (SSSR count). The maximum absolute atomic E-state index is 5.80. The van der Waals surface area contributed by atoms with Crippen molar-refractivity contribution in [2.24, 2.45) is 4.99 Å². The number of hydrogen-bond donors (Lipinski definition) is 2. The molecule has 3 aromatic rings. The lowest BCUT2D eigenvalue weighted by Gasteiger charge is -2.12. The molecule has 164 valence electrons. The van der Waals surface area contributed by atoms with Crippen LogP contribution in [0.1, 0.15) is 12.1 Å². The van der Waals surface area contributed by atoms with Gasteiger partial charge in [0.05, 0.1) is 33.1 Å². The van der Waals surface area contributed by atoms with Crippen LogP contribution in [0.4, 0.5) is 0 Å². The first-order valence-corrected chi connectivity index (χ1v) is 10.0. The second kappa shape index (κ2) is 11.5. The van der Waals surface area contributed by atoms with E-state index in [2.05, 4.69) is 20.6 Å². The Labute approximate surface area is 182 Å². The molecule has 1 aromatic heterocycles. The number of benzene rings is 2. The molecule has 0 unspecified atom stereocenters. The Hall–Kier alpha value is -3.68. The second-order valence-corrected chi connectivity index (χ2v) is 6.61. The van der Waals surface area contributed by atoms with Crippen LogP contribution in [-0.2, 0) is 6.54 Å². The first-order valence-electron chi connectivity index (χ1n) is 10.0. The van der Waals surface area contributed by atoms with Gasteiger partial charge in [-0.25, -0.2) is 4.98 Å². The molecular weight excluding hydrogens is 396 g/mol. The van der Waals surface area contributed by atoms with E-state index < -0.39 is 0 Å². The predicted molar refractivity (Wildman–Crippen MR) is 120 cm³/mol. The van der Waals surface area contributed by atoms with Gasteiger partial charge in [-0.3, -0.25) is 4.99 Å². The van der Waals surface area contributed by atoms with Gasteiger partial charge in [-0.15, -0.1) is 0 Å². The Balaban J connectivity index is 1.39. The molecule has 0 aliphatic heterocycles. The molecule has 8 heteroatoms. The number of methoxy groups -OCH3 is 2. The summed E-state index contributed by atoms with van der Waals surface area (Å²) in [4.78, 5) is 8.74. The van der Waals surface area contributed by atoms with Crippen molar-refractivity contribution in [2.45, 2.75) is 13.0 Å². The minimum Gasteiger partial charge on any atom is -0.496 e. The van der Waals surface area contributed by atoms with E-state index in [0.29, 0.717) is 48.8 Å². The normalized spacial score (nSPS) is 11.1. The van der Waals surface area contributed by atoms with Gasteiger partial charge in [0, 0.05) is 37.4 Å². The van der Waals surface area contributed by atoms with E-state index in [1.165, 1.54) is 0 Å². The molecule has 0 spiro atoms. The molecule has 0 amide bonds. The van der Waals surface area contributed by atoms with Gasteiger partial charge in [0.2, 0.25) is 5.89 Å². The van der Waals surface area contributed by atoms with Crippen LogP contribution in [0.2, 0.25) is 0 Å². The summed E-state index contributed by atoms with van der Waals surface area (Å²) in [5.74, 6) is 3.39. The van der Waals surface area contributed by atoms with Crippen LogP contribution in [0.3, 0.4) is 0 Å². The molecule has 2 aromatic carbocycles. The van der Waals surface area contributed by atoms with Crippen molar-refractivity contribution in [1.82, 2.24) is 15.6 Å². The fourth-order valence-electron chi connectivity index (χ4n) is 2.83. The fraction of sp³-hybridized carbons (Fsp3) is 0.304. The van der Waals surface area contributed by atoms with Gasteiger partial charge in [-0.05, 0) is 18.6 Å². The van der Waals surface area contributed by atoms with E-state index in [1.54, 1.807) is 27.5 Å². The van der Waals surface area contributed by atoms with Crippen molar-refractivity contribution in [1.29, 1.82) is 0 Å². The molecule has 0 fully saturated rings. The van der Waals surface area contributed by atoms with Crippen LogP contribution in [0.5, 0.6) is 17.2 Å². The summed E-state index contributed by atoms with van der Waals surface area (Å²) >= 11 is 0. The molecule has 0 aliphatic carbocycles. The number of hydrogen-bond acceptors (Lipinski definition) is 6. The highest BCUT2D eigenvalue weighted by molar-refractivity contribution is 5.79. The average Bonchev–Trinajstić information content (AvgIpc) is 3.30. The number of nitrogens with zero attached hydrogens (tertiary/aromatic N) is 2. The molecule has 2 N–H and O–H groups in total. The van der Waals surface area contributed by atoms with Crippen molar-refractivity contribution in [2.75, 3.05) is 34.4 Å². The molecule has 0 atom stereocenters. The van der Waals surface area contributed by atoms with E-state index in [9.17, 15) is 0 Å². The zero-order valence-corrected chi connectivity index (χ0v) is 18.1.